The molecule has 0 aliphatic heterocycles. The van der Waals surface area contributed by atoms with E-state index in [1.807, 2.05) is 14.1 Å². The predicted octanol–water partition coefficient (Wildman–Crippen LogP) is 7.11. The first-order valence-corrected chi connectivity index (χ1v) is 18.9. The van der Waals surface area contributed by atoms with Gasteiger partial charge in [0.15, 0.2) is 0 Å². The molecule has 0 radical (unpaired) electrons. The molecule has 42 heavy (non-hydrogen) atoms. The summed E-state index contributed by atoms with van der Waals surface area (Å²) in [4.78, 5) is 13.2. The summed E-state index contributed by atoms with van der Waals surface area (Å²) in [6.07, 6.45) is 17.0. The Morgan fingerprint density at radius 3 is 2.45 bits per heavy atom. The van der Waals surface area contributed by atoms with Gasteiger partial charge in [-0.25, -0.2) is 0 Å². The normalized spacial score (nSPS) is 35.6. The standard InChI is InChI=1S/C35H62N2O4S/c1-25(2)10-8-11-26(3)30-14-15-31-29-13-12-28-24-27(16-18-34(28,4)32(29)17-19-35(30,31)5)33(38)36-20-22-37(6,7)21-9-23-42(39,40)41/h12,25-27,29-32H,8-11,13-24H2,1-7H3,(H-,36,38,39,40,41)/p+1/t26-,27+,29+,30?,31?,32?,34+,35-/m1/s1. The molecule has 0 saturated heterocycles. The number of quaternary nitrogens is 1. The number of nitrogens with zero attached hydrogens (tertiary/aromatic N) is 1. The van der Waals surface area contributed by atoms with E-state index in [0.717, 1.165) is 61.3 Å². The lowest BCUT2D eigenvalue weighted by molar-refractivity contribution is -0.889. The Balaban J connectivity index is 1.31. The zero-order valence-corrected chi connectivity index (χ0v) is 28.8. The van der Waals surface area contributed by atoms with Gasteiger partial charge in [0, 0.05) is 12.3 Å². The zero-order chi connectivity index (χ0) is 30.9. The van der Waals surface area contributed by atoms with Crippen LogP contribution >= 0.6 is 0 Å². The van der Waals surface area contributed by atoms with Crippen LogP contribution in [0.3, 0.4) is 0 Å². The van der Waals surface area contributed by atoms with Crippen LogP contribution < -0.4 is 5.32 Å². The van der Waals surface area contributed by atoms with Crippen LogP contribution in [0.5, 0.6) is 0 Å². The van der Waals surface area contributed by atoms with Crippen LogP contribution in [0.2, 0.25) is 0 Å². The fourth-order valence-corrected chi connectivity index (χ4v) is 10.8. The molecule has 4 rings (SSSR count). The molecule has 1 amide bonds. The van der Waals surface area contributed by atoms with E-state index in [2.05, 4.69) is 46.0 Å². The van der Waals surface area contributed by atoms with Gasteiger partial charge in [-0.05, 0) is 97.7 Å². The van der Waals surface area contributed by atoms with E-state index in [1.165, 1.54) is 51.4 Å². The largest absolute Gasteiger partial charge is 0.350 e. The maximum Gasteiger partial charge on any atom is 0.265 e. The van der Waals surface area contributed by atoms with Gasteiger partial charge >= 0.3 is 0 Å². The minimum absolute atomic E-state index is 0.0624. The summed E-state index contributed by atoms with van der Waals surface area (Å²) < 4.78 is 31.7. The Morgan fingerprint density at radius 2 is 1.76 bits per heavy atom. The van der Waals surface area contributed by atoms with Gasteiger partial charge < -0.3 is 9.80 Å². The molecule has 6 nitrogen and oxygen atoms in total. The fraction of sp³-hybridized carbons (Fsp3) is 0.914. The van der Waals surface area contributed by atoms with Crippen LogP contribution in [0.25, 0.3) is 0 Å². The highest BCUT2D eigenvalue weighted by Gasteiger charge is 2.59. The first-order valence-electron chi connectivity index (χ1n) is 17.3. The molecule has 3 saturated carbocycles. The lowest BCUT2D eigenvalue weighted by Crippen LogP contribution is -2.51. The van der Waals surface area contributed by atoms with Crippen molar-refractivity contribution >= 4 is 16.0 Å². The molecule has 0 aromatic heterocycles. The topological polar surface area (TPSA) is 83.5 Å². The van der Waals surface area contributed by atoms with Crippen LogP contribution in [-0.4, -0.2) is 62.8 Å². The Bertz CT molecular complexity index is 1080. The molecule has 7 heteroatoms. The minimum Gasteiger partial charge on any atom is -0.350 e. The lowest BCUT2D eigenvalue weighted by atomic mass is 9.46. The number of fused-ring (bicyclic) bond motifs is 5. The number of carbonyl (C=O) groups excluding carboxylic acids is 1. The summed E-state index contributed by atoms with van der Waals surface area (Å²) in [6.45, 7) is 14.5. The van der Waals surface area contributed by atoms with Crippen molar-refractivity contribution in [3.05, 3.63) is 11.6 Å². The molecule has 0 aromatic rings. The second-order valence-corrected chi connectivity index (χ2v) is 18.1. The minimum atomic E-state index is -3.92. The highest BCUT2D eigenvalue weighted by Crippen LogP contribution is 2.67. The maximum absolute atomic E-state index is 13.2. The third kappa shape index (κ3) is 7.65. The van der Waals surface area contributed by atoms with Crippen molar-refractivity contribution in [2.45, 2.75) is 112 Å². The molecule has 0 bridgehead atoms. The average molecular weight is 608 g/mol. The Kier molecular flexibility index (Phi) is 10.7. The van der Waals surface area contributed by atoms with E-state index in [-0.39, 0.29) is 23.0 Å². The first kappa shape index (κ1) is 34.0. The predicted molar refractivity (Wildman–Crippen MR) is 172 cm³/mol. The van der Waals surface area contributed by atoms with Gasteiger partial charge in [0.1, 0.15) is 0 Å². The average Bonchev–Trinajstić information content (AvgIpc) is 3.24. The number of amides is 1. The van der Waals surface area contributed by atoms with Crippen molar-refractivity contribution in [3.63, 3.8) is 0 Å². The molecule has 4 aliphatic rings. The molecule has 2 N–H and O–H groups in total. The number of hydrogen-bond donors (Lipinski definition) is 2. The highest BCUT2D eigenvalue weighted by molar-refractivity contribution is 7.85. The Labute approximate surface area is 258 Å². The molecule has 3 unspecified atom stereocenters. The van der Waals surface area contributed by atoms with E-state index in [1.54, 1.807) is 5.57 Å². The SMILES string of the molecule is CC(C)CCC[C@@H](C)C1CCC2[C@@H]3CC=C4C[C@@H](C(=O)NCC[N+](C)(C)CCCS(=O)(=O)O)CC[C@]4(C)C3CC[C@@]21C. The fourth-order valence-electron chi connectivity index (χ4n) is 10.3. The lowest BCUT2D eigenvalue weighted by Gasteiger charge is -2.58. The Hall–Kier alpha value is -0.920. The van der Waals surface area contributed by atoms with Gasteiger partial charge in [-0.1, -0.05) is 65.5 Å². The van der Waals surface area contributed by atoms with Crippen LogP contribution in [0, 0.1) is 52.3 Å². The summed E-state index contributed by atoms with van der Waals surface area (Å²) >= 11 is 0. The van der Waals surface area contributed by atoms with E-state index < -0.39 is 10.1 Å². The summed E-state index contributed by atoms with van der Waals surface area (Å²) in [7, 11) is 0.163. The molecular formula is C35H63N2O4S+. The quantitative estimate of drug-likeness (QED) is 0.133. The van der Waals surface area contributed by atoms with Crippen molar-refractivity contribution in [3.8, 4) is 0 Å². The summed E-state index contributed by atoms with van der Waals surface area (Å²) in [5.74, 6) is 5.03. The molecule has 4 aliphatic carbocycles. The second kappa shape index (κ2) is 13.2. The number of rotatable bonds is 13. The maximum atomic E-state index is 13.2. The Morgan fingerprint density at radius 1 is 1.02 bits per heavy atom. The number of likely N-dealkylation sites (N-methyl/N-ethyl adjacent to an activating group) is 1. The van der Waals surface area contributed by atoms with Crippen LogP contribution in [0.1, 0.15) is 112 Å². The van der Waals surface area contributed by atoms with E-state index in [4.69, 9.17) is 4.55 Å². The van der Waals surface area contributed by atoms with E-state index >= 15 is 0 Å². The molecule has 3 fully saturated rings. The van der Waals surface area contributed by atoms with Crippen molar-refractivity contribution in [2.24, 2.45) is 52.3 Å². The third-order valence-corrected chi connectivity index (χ3v) is 13.7. The monoisotopic (exact) mass is 607 g/mol. The summed E-state index contributed by atoms with van der Waals surface area (Å²) in [5, 5.41) is 3.20. The summed E-state index contributed by atoms with van der Waals surface area (Å²) in [6, 6.07) is 0. The van der Waals surface area contributed by atoms with Crippen molar-refractivity contribution in [2.75, 3.05) is 39.5 Å². The van der Waals surface area contributed by atoms with Crippen molar-refractivity contribution < 1.29 is 22.2 Å². The van der Waals surface area contributed by atoms with E-state index in [0.29, 0.717) is 29.4 Å². The molecule has 0 heterocycles. The number of carbonyl (C=O) groups is 1. The van der Waals surface area contributed by atoms with Crippen LogP contribution in [0.15, 0.2) is 11.6 Å². The van der Waals surface area contributed by atoms with Gasteiger partial charge in [-0.15, -0.1) is 0 Å². The number of nitrogens with one attached hydrogen (secondary N) is 1. The van der Waals surface area contributed by atoms with Gasteiger partial charge in [0.05, 0.1) is 39.5 Å². The van der Waals surface area contributed by atoms with Crippen LogP contribution in [0.4, 0.5) is 0 Å². The third-order valence-electron chi connectivity index (χ3n) is 12.9. The molecule has 0 aromatic carbocycles. The first-order chi connectivity index (χ1) is 19.6. The van der Waals surface area contributed by atoms with Crippen LogP contribution in [-0.2, 0) is 14.9 Å². The molecule has 242 valence electrons. The second-order valence-electron chi connectivity index (χ2n) is 16.5. The van der Waals surface area contributed by atoms with Crippen molar-refractivity contribution in [1.29, 1.82) is 0 Å². The summed E-state index contributed by atoms with van der Waals surface area (Å²) in [5.41, 5.74) is 2.33. The van der Waals surface area contributed by atoms with E-state index in [9.17, 15) is 13.2 Å². The van der Waals surface area contributed by atoms with Gasteiger partial charge in [0.25, 0.3) is 10.1 Å². The van der Waals surface area contributed by atoms with Gasteiger partial charge in [-0.3, -0.25) is 9.35 Å². The van der Waals surface area contributed by atoms with Gasteiger partial charge in [-0.2, -0.15) is 8.42 Å². The number of allylic oxidation sites excluding steroid dienone is 2. The zero-order valence-electron chi connectivity index (χ0n) is 28.0. The van der Waals surface area contributed by atoms with Gasteiger partial charge in [0.2, 0.25) is 5.91 Å². The molecule has 8 atom stereocenters. The molecular weight excluding hydrogens is 544 g/mol. The van der Waals surface area contributed by atoms with Crippen molar-refractivity contribution in [1.82, 2.24) is 5.32 Å². The highest BCUT2D eigenvalue weighted by atomic mass is 32.2. The molecule has 0 spiro atoms. The smallest absolute Gasteiger partial charge is 0.265 e. The number of hydrogen-bond acceptors (Lipinski definition) is 3.